The van der Waals surface area contributed by atoms with E-state index in [2.05, 4.69) is 27.5 Å². The summed E-state index contributed by atoms with van der Waals surface area (Å²) in [4.78, 5) is 4.49. The molecule has 0 amide bonds. The van der Waals surface area contributed by atoms with Gasteiger partial charge >= 0.3 is 0 Å². The Morgan fingerprint density at radius 1 is 1.27 bits per heavy atom. The molecule has 1 heterocycles. The lowest BCUT2D eigenvalue weighted by Crippen LogP contribution is -2.30. The van der Waals surface area contributed by atoms with Crippen LogP contribution in [0.3, 0.4) is 0 Å². The van der Waals surface area contributed by atoms with Crippen LogP contribution in [0.5, 0.6) is 5.75 Å². The third kappa shape index (κ3) is 4.11. The molecule has 0 fully saturated rings. The third-order valence-corrected chi connectivity index (χ3v) is 3.85. The standard InChI is InChI=1S/C16H24N4O2/c1-12(10-17-13(2)21)8-9-16(18-11-19-20-16)14-4-6-15(22-3)7-5-14/h4-7,11-13,17,21H,8-10H2,1-3H3. The Morgan fingerprint density at radius 2 is 2.00 bits per heavy atom. The minimum Gasteiger partial charge on any atom is -0.497 e. The zero-order chi connectivity index (χ0) is 16.0. The van der Waals surface area contributed by atoms with Gasteiger partial charge in [-0.1, -0.05) is 19.1 Å². The highest BCUT2D eigenvalue weighted by Gasteiger charge is 2.33. The number of nitrogens with zero attached hydrogens (tertiary/aromatic N) is 3. The van der Waals surface area contributed by atoms with Crippen molar-refractivity contribution in [2.75, 3.05) is 13.7 Å². The number of aliphatic imine (C=N–C) groups is 1. The fourth-order valence-corrected chi connectivity index (χ4v) is 2.44. The minimum absolute atomic E-state index is 0.413. The summed E-state index contributed by atoms with van der Waals surface area (Å²) in [6, 6.07) is 7.80. The molecule has 1 aromatic carbocycles. The zero-order valence-electron chi connectivity index (χ0n) is 13.4. The van der Waals surface area contributed by atoms with Crippen LogP contribution in [0.15, 0.2) is 39.5 Å². The Hall–Kier alpha value is -1.79. The predicted molar refractivity (Wildman–Crippen MR) is 86.1 cm³/mol. The van der Waals surface area contributed by atoms with E-state index in [-0.39, 0.29) is 0 Å². The Kier molecular flexibility index (Phi) is 5.63. The van der Waals surface area contributed by atoms with E-state index in [4.69, 9.17) is 4.74 Å². The Morgan fingerprint density at radius 3 is 2.55 bits per heavy atom. The maximum absolute atomic E-state index is 9.28. The van der Waals surface area contributed by atoms with Gasteiger partial charge in [-0.25, -0.2) is 4.99 Å². The van der Waals surface area contributed by atoms with Crippen molar-refractivity contribution in [2.45, 2.75) is 38.6 Å². The fraction of sp³-hybridized carbons (Fsp3) is 0.562. The van der Waals surface area contributed by atoms with Gasteiger partial charge in [0.1, 0.15) is 18.3 Å². The lowest BCUT2D eigenvalue weighted by Gasteiger charge is -2.24. The average molecular weight is 304 g/mol. The highest BCUT2D eigenvalue weighted by molar-refractivity contribution is 5.58. The molecule has 0 saturated heterocycles. The number of azo groups is 1. The maximum Gasteiger partial charge on any atom is 0.198 e. The summed E-state index contributed by atoms with van der Waals surface area (Å²) in [6.45, 7) is 4.63. The number of nitrogens with one attached hydrogen (secondary N) is 1. The highest BCUT2D eigenvalue weighted by atomic mass is 16.5. The minimum atomic E-state index is -0.620. The Balaban J connectivity index is 2.02. The van der Waals surface area contributed by atoms with E-state index in [1.807, 2.05) is 24.3 Å². The molecule has 6 nitrogen and oxygen atoms in total. The molecule has 2 N–H and O–H groups in total. The number of ether oxygens (including phenoxy) is 1. The first-order valence-corrected chi connectivity index (χ1v) is 7.57. The quantitative estimate of drug-likeness (QED) is 0.725. The van der Waals surface area contributed by atoms with Crippen molar-refractivity contribution in [3.05, 3.63) is 29.8 Å². The molecule has 22 heavy (non-hydrogen) atoms. The number of aliphatic hydroxyl groups excluding tert-OH is 1. The number of aliphatic hydroxyl groups is 1. The smallest absolute Gasteiger partial charge is 0.198 e. The van der Waals surface area contributed by atoms with Gasteiger partial charge < -0.3 is 9.84 Å². The molecule has 3 unspecified atom stereocenters. The second-order valence-electron chi connectivity index (χ2n) is 5.73. The van der Waals surface area contributed by atoms with Gasteiger partial charge in [-0.3, -0.25) is 5.32 Å². The Bertz CT molecular complexity index is 513. The summed E-state index contributed by atoms with van der Waals surface area (Å²) in [5.74, 6) is 1.23. The number of methoxy groups -OCH3 is 1. The SMILES string of the molecule is COc1ccc(C2(CCC(C)CNC(C)O)N=CN=N2)cc1. The summed E-state index contributed by atoms with van der Waals surface area (Å²) >= 11 is 0. The van der Waals surface area contributed by atoms with E-state index in [0.717, 1.165) is 30.7 Å². The first kappa shape index (κ1) is 16.6. The van der Waals surface area contributed by atoms with Crippen molar-refractivity contribution < 1.29 is 9.84 Å². The van der Waals surface area contributed by atoms with E-state index in [9.17, 15) is 5.11 Å². The van der Waals surface area contributed by atoms with Gasteiger partial charge in [0.15, 0.2) is 5.66 Å². The van der Waals surface area contributed by atoms with E-state index >= 15 is 0 Å². The zero-order valence-corrected chi connectivity index (χ0v) is 13.4. The lowest BCUT2D eigenvalue weighted by molar-refractivity contribution is 0.149. The predicted octanol–water partition coefficient (Wildman–Crippen LogP) is 2.69. The summed E-state index contributed by atoms with van der Waals surface area (Å²) in [5.41, 5.74) is 0.396. The molecular formula is C16H24N4O2. The van der Waals surface area contributed by atoms with Crippen LogP contribution in [-0.2, 0) is 5.66 Å². The molecule has 1 aromatic rings. The molecular weight excluding hydrogens is 280 g/mol. The molecule has 0 bridgehead atoms. The van der Waals surface area contributed by atoms with Crippen molar-refractivity contribution in [2.24, 2.45) is 21.1 Å². The van der Waals surface area contributed by atoms with Crippen molar-refractivity contribution >= 4 is 6.34 Å². The van der Waals surface area contributed by atoms with Gasteiger partial charge in [0.05, 0.1) is 7.11 Å². The lowest BCUT2D eigenvalue weighted by atomic mass is 9.91. The normalized spacial score (nSPS) is 22.7. The largest absolute Gasteiger partial charge is 0.497 e. The first-order valence-electron chi connectivity index (χ1n) is 7.57. The van der Waals surface area contributed by atoms with E-state index in [1.54, 1.807) is 14.0 Å². The van der Waals surface area contributed by atoms with Crippen LogP contribution >= 0.6 is 0 Å². The summed E-state index contributed by atoms with van der Waals surface area (Å²) in [7, 11) is 1.65. The monoisotopic (exact) mass is 304 g/mol. The molecule has 0 radical (unpaired) electrons. The average Bonchev–Trinajstić information content (AvgIpc) is 3.01. The molecule has 3 atom stereocenters. The number of hydrogen-bond acceptors (Lipinski definition) is 6. The van der Waals surface area contributed by atoms with Gasteiger partial charge in [0.25, 0.3) is 0 Å². The third-order valence-electron chi connectivity index (χ3n) is 3.85. The van der Waals surface area contributed by atoms with Crippen LogP contribution < -0.4 is 10.1 Å². The van der Waals surface area contributed by atoms with Crippen molar-refractivity contribution in [3.8, 4) is 5.75 Å². The van der Waals surface area contributed by atoms with E-state index < -0.39 is 11.9 Å². The molecule has 0 spiro atoms. The summed E-state index contributed by atoms with van der Waals surface area (Å²) in [6.07, 6.45) is 2.75. The molecule has 120 valence electrons. The van der Waals surface area contributed by atoms with Crippen LogP contribution in [0.1, 0.15) is 32.3 Å². The van der Waals surface area contributed by atoms with Gasteiger partial charge in [0, 0.05) is 12.1 Å². The molecule has 1 aliphatic rings. The van der Waals surface area contributed by atoms with Crippen LogP contribution in [-0.4, -0.2) is 31.3 Å². The van der Waals surface area contributed by atoms with E-state index in [0.29, 0.717) is 5.92 Å². The molecule has 1 aliphatic heterocycles. The van der Waals surface area contributed by atoms with Gasteiger partial charge in [-0.2, -0.15) is 5.11 Å². The van der Waals surface area contributed by atoms with E-state index in [1.165, 1.54) is 6.34 Å². The number of benzene rings is 1. The topological polar surface area (TPSA) is 78.6 Å². The van der Waals surface area contributed by atoms with Crippen LogP contribution in [0.2, 0.25) is 0 Å². The highest BCUT2D eigenvalue weighted by Crippen LogP contribution is 2.37. The molecule has 0 aromatic heterocycles. The van der Waals surface area contributed by atoms with Crippen molar-refractivity contribution in [3.63, 3.8) is 0 Å². The van der Waals surface area contributed by atoms with Crippen LogP contribution in [0.4, 0.5) is 0 Å². The summed E-state index contributed by atoms with van der Waals surface area (Å²) < 4.78 is 5.19. The number of hydrogen-bond donors (Lipinski definition) is 2. The second-order valence-corrected chi connectivity index (χ2v) is 5.73. The Labute approximate surface area is 131 Å². The van der Waals surface area contributed by atoms with Gasteiger partial charge in [0.2, 0.25) is 0 Å². The molecule has 0 aliphatic carbocycles. The van der Waals surface area contributed by atoms with Gasteiger partial charge in [-0.05, 0) is 37.8 Å². The molecule has 2 rings (SSSR count). The molecule has 6 heteroatoms. The summed E-state index contributed by atoms with van der Waals surface area (Å²) in [5, 5.41) is 20.6. The maximum atomic E-state index is 9.28. The fourth-order valence-electron chi connectivity index (χ4n) is 2.44. The second kappa shape index (κ2) is 7.47. The van der Waals surface area contributed by atoms with Gasteiger partial charge in [-0.15, -0.1) is 5.11 Å². The molecule has 0 saturated carbocycles. The van der Waals surface area contributed by atoms with Crippen LogP contribution in [0, 0.1) is 5.92 Å². The van der Waals surface area contributed by atoms with Crippen molar-refractivity contribution in [1.82, 2.24) is 5.32 Å². The number of rotatable bonds is 8. The van der Waals surface area contributed by atoms with Crippen LogP contribution in [0.25, 0.3) is 0 Å². The first-order chi connectivity index (χ1) is 10.6. The van der Waals surface area contributed by atoms with Crippen molar-refractivity contribution in [1.29, 1.82) is 0 Å².